The molecular formula is C13H16ClF3N2O2S. The van der Waals surface area contributed by atoms with Crippen LogP contribution in [0.3, 0.4) is 0 Å². The average Bonchev–Trinajstić information content (AvgIpc) is 2.46. The van der Waals surface area contributed by atoms with Crippen LogP contribution in [0.4, 0.5) is 13.2 Å². The van der Waals surface area contributed by atoms with Gasteiger partial charge in [-0.05, 0) is 38.1 Å². The summed E-state index contributed by atoms with van der Waals surface area (Å²) in [4.78, 5) is -0.749. The van der Waals surface area contributed by atoms with Crippen LogP contribution in [0.25, 0.3) is 0 Å². The van der Waals surface area contributed by atoms with Crippen molar-refractivity contribution in [1.29, 1.82) is 0 Å². The predicted molar refractivity (Wildman–Crippen MR) is 77.3 cm³/mol. The summed E-state index contributed by atoms with van der Waals surface area (Å²) >= 11 is 5.59. The number of halogens is 4. The number of rotatable bonds is 3. The van der Waals surface area contributed by atoms with Crippen molar-refractivity contribution in [2.24, 2.45) is 0 Å². The molecule has 0 amide bonds. The van der Waals surface area contributed by atoms with E-state index in [0.29, 0.717) is 12.5 Å². The van der Waals surface area contributed by atoms with Gasteiger partial charge in [-0.1, -0.05) is 11.6 Å². The highest BCUT2D eigenvalue weighted by atomic mass is 35.5. The number of sulfonamides is 1. The molecule has 0 aliphatic carbocycles. The van der Waals surface area contributed by atoms with Crippen molar-refractivity contribution < 1.29 is 21.6 Å². The molecule has 1 aromatic rings. The molecular weight excluding hydrogens is 341 g/mol. The number of alkyl halides is 3. The summed E-state index contributed by atoms with van der Waals surface area (Å²) in [6, 6.07) is 2.66. The van der Waals surface area contributed by atoms with E-state index in [0.717, 1.165) is 22.9 Å². The molecule has 1 heterocycles. The van der Waals surface area contributed by atoms with E-state index >= 15 is 0 Å². The number of nitrogens with one attached hydrogen (secondary N) is 1. The quantitative estimate of drug-likeness (QED) is 0.906. The zero-order valence-corrected chi connectivity index (χ0v) is 13.4. The van der Waals surface area contributed by atoms with Crippen LogP contribution in [0, 0.1) is 0 Å². The third kappa shape index (κ3) is 3.56. The van der Waals surface area contributed by atoms with E-state index in [9.17, 15) is 21.6 Å². The first-order valence-electron chi connectivity index (χ1n) is 6.70. The fraction of sp³-hybridized carbons (Fsp3) is 0.538. The molecule has 4 nitrogen and oxygen atoms in total. The van der Waals surface area contributed by atoms with Gasteiger partial charge in [-0.3, -0.25) is 0 Å². The van der Waals surface area contributed by atoms with Crippen LogP contribution >= 0.6 is 11.6 Å². The minimum Gasteiger partial charge on any atom is -0.316 e. The van der Waals surface area contributed by atoms with E-state index in [1.807, 2.05) is 0 Å². The van der Waals surface area contributed by atoms with Crippen molar-refractivity contribution in [2.75, 3.05) is 20.1 Å². The molecule has 1 aromatic carbocycles. The summed E-state index contributed by atoms with van der Waals surface area (Å²) in [7, 11) is -2.52. The first-order valence-corrected chi connectivity index (χ1v) is 8.52. The third-order valence-corrected chi connectivity index (χ3v) is 5.82. The number of piperidine rings is 1. The molecule has 1 fully saturated rings. The molecule has 0 radical (unpaired) electrons. The van der Waals surface area contributed by atoms with Gasteiger partial charge in [0.2, 0.25) is 10.0 Å². The Morgan fingerprint density at radius 1 is 1.36 bits per heavy atom. The van der Waals surface area contributed by atoms with Gasteiger partial charge in [0.05, 0.1) is 10.5 Å². The second-order valence-corrected chi connectivity index (χ2v) is 7.47. The monoisotopic (exact) mass is 356 g/mol. The number of hydrogen-bond acceptors (Lipinski definition) is 3. The predicted octanol–water partition coefficient (Wildman–Crippen LogP) is 2.73. The Morgan fingerprint density at radius 3 is 2.64 bits per heavy atom. The van der Waals surface area contributed by atoms with Crippen LogP contribution in [-0.4, -0.2) is 38.9 Å². The maximum absolute atomic E-state index is 13.1. The second kappa shape index (κ2) is 6.35. The molecule has 9 heteroatoms. The highest BCUT2D eigenvalue weighted by molar-refractivity contribution is 7.89. The lowest BCUT2D eigenvalue weighted by Gasteiger charge is -2.32. The first-order chi connectivity index (χ1) is 10.2. The van der Waals surface area contributed by atoms with Gasteiger partial charge >= 0.3 is 6.18 Å². The minimum atomic E-state index is -4.79. The molecule has 0 spiro atoms. The van der Waals surface area contributed by atoms with Crippen molar-refractivity contribution in [2.45, 2.75) is 30.0 Å². The molecule has 0 aromatic heterocycles. The van der Waals surface area contributed by atoms with Gasteiger partial charge in [0.15, 0.2) is 0 Å². The Morgan fingerprint density at radius 2 is 2.05 bits per heavy atom. The molecule has 0 saturated carbocycles. The Labute approximate surface area is 132 Å². The zero-order chi connectivity index (χ0) is 16.5. The SMILES string of the molecule is CN[C@@H]1CCCN(S(=O)(=O)c2ccc(Cl)cc2C(F)(F)F)C1. The van der Waals surface area contributed by atoms with Crippen LogP contribution in [0.5, 0.6) is 0 Å². The topological polar surface area (TPSA) is 49.4 Å². The fourth-order valence-electron chi connectivity index (χ4n) is 2.48. The van der Waals surface area contributed by atoms with Crippen LogP contribution in [0.1, 0.15) is 18.4 Å². The molecule has 1 atom stereocenters. The van der Waals surface area contributed by atoms with Crippen molar-refractivity contribution in [1.82, 2.24) is 9.62 Å². The van der Waals surface area contributed by atoms with Gasteiger partial charge in [-0.15, -0.1) is 0 Å². The van der Waals surface area contributed by atoms with E-state index in [1.165, 1.54) is 0 Å². The zero-order valence-electron chi connectivity index (χ0n) is 11.8. The summed E-state index contributed by atoms with van der Waals surface area (Å²) < 4.78 is 65.6. The Kier molecular flexibility index (Phi) is 5.06. The molecule has 1 aliphatic rings. The first kappa shape index (κ1) is 17.5. The average molecular weight is 357 g/mol. The summed E-state index contributed by atoms with van der Waals surface area (Å²) in [5.41, 5.74) is -1.23. The van der Waals surface area contributed by atoms with Gasteiger partial charge < -0.3 is 5.32 Å². The highest BCUT2D eigenvalue weighted by Gasteiger charge is 2.40. The van der Waals surface area contributed by atoms with Gasteiger partial charge in [-0.2, -0.15) is 17.5 Å². The van der Waals surface area contributed by atoms with Crippen molar-refractivity contribution in [3.63, 3.8) is 0 Å². The number of likely N-dealkylation sites (N-methyl/N-ethyl adjacent to an activating group) is 1. The van der Waals surface area contributed by atoms with E-state index in [4.69, 9.17) is 11.6 Å². The molecule has 22 heavy (non-hydrogen) atoms. The van der Waals surface area contributed by atoms with E-state index in [2.05, 4.69) is 5.32 Å². The van der Waals surface area contributed by atoms with Crippen LogP contribution in [0.2, 0.25) is 5.02 Å². The van der Waals surface area contributed by atoms with Gasteiger partial charge in [0, 0.05) is 24.2 Å². The summed E-state index contributed by atoms with van der Waals surface area (Å²) in [5, 5.41) is 2.81. The molecule has 0 bridgehead atoms. The van der Waals surface area contributed by atoms with Crippen LogP contribution in [0.15, 0.2) is 23.1 Å². The molecule has 1 aliphatic heterocycles. The molecule has 124 valence electrons. The smallest absolute Gasteiger partial charge is 0.316 e. The molecule has 0 unspecified atom stereocenters. The maximum atomic E-state index is 13.1. The van der Waals surface area contributed by atoms with Crippen molar-refractivity contribution in [3.05, 3.63) is 28.8 Å². The van der Waals surface area contributed by atoms with Gasteiger partial charge in [0.1, 0.15) is 0 Å². The largest absolute Gasteiger partial charge is 0.417 e. The Hall–Kier alpha value is -0.830. The normalized spacial score (nSPS) is 21.0. The summed E-state index contributed by atoms with van der Waals surface area (Å²) in [6.45, 7) is 0.360. The summed E-state index contributed by atoms with van der Waals surface area (Å²) in [5.74, 6) is 0. The Balaban J connectivity index is 2.46. The Bertz CT molecular complexity index is 649. The number of benzene rings is 1. The van der Waals surface area contributed by atoms with Crippen LogP contribution in [-0.2, 0) is 16.2 Å². The fourth-order valence-corrected chi connectivity index (χ4v) is 4.37. The number of hydrogen-bond donors (Lipinski definition) is 1. The highest BCUT2D eigenvalue weighted by Crippen LogP contribution is 2.37. The van der Waals surface area contributed by atoms with E-state index < -0.39 is 26.7 Å². The van der Waals surface area contributed by atoms with Crippen molar-refractivity contribution >= 4 is 21.6 Å². The number of nitrogens with zero attached hydrogens (tertiary/aromatic N) is 1. The van der Waals surface area contributed by atoms with Crippen LogP contribution < -0.4 is 5.32 Å². The summed E-state index contributed by atoms with van der Waals surface area (Å²) in [6.07, 6.45) is -3.40. The van der Waals surface area contributed by atoms with Gasteiger partial charge in [0.25, 0.3) is 0 Å². The maximum Gasteiger partial charge on any atom is 0.417 e. The lowest BCUT2D eigenvalue weighted by atomic mass is 10.1. The van der Waals surface area contributed by atoms with Crippen molar-refractivity contribution in [3.8, 4) is 0 Å². The lowest BCUT2D eigenvalue weighted by molar-refractivity contribution is -0.139. The second-order valence-electron chi connectivity index (χ2n) is 5.13. The third-order valence-electron chi connectivity index (χ3n) is 3.66. The minimum absolute atomic E-state index is 0.0647. The van der Waals surface area contributed by atoms with E-state index in [-0.39, 0.29) is 24.2 Å². The van der Waals surface area contributed by atoms with E-state index in [1.54, 1.807) is 7.05 Å². The molecule has 1 saturated heterocycles. The molecule has 2 rings (SSSR count). The lowest BCUT2D eigenvalue weighted by Crippen LogP contribution is -2.47. The molecule has 1 N–H and O–H groups in total. The standard InChI is InChI=1S/C13H16ClF3N2O2S/c1-18-10-3-2-6-19(8-10)22(20,21)12-5-4-9(14)7-11(12)13(15,16)17/h4-5,7,10,18H,2-3,6,8H2,1H3/t10-/m1/s1. The van der Waals surface area contributed by atoms with Gasteiger partial charge in [-0.25, -0.2) is 8.42 Å².